The fourth-order valence-electron chi connectivity index (χ4n) is 2.92. The van der Waals surface area contributed by atoms with Crippen molar-refractivity contribution in [3.05, 3.63) is 0 Å². The van der Waals surface area contributed by atoms with E-state index >= 15 is 0 Å². The number of Topliss-reactive ketones (excluding diaryl/α,β-unsaturated/α-hetero) is 1. The zero-order valence-electron chi connectivity index (χ0n) is 10.3. The quantitative estimate of drug-likeness (QED) is 0.734. The molecule has 2 aliphatic rings. The predicted octanol–water partition coefficient (Wildman–Crippen LogP) is 1.86. The topological polar surface area (TPSA) is 29.5 Å². The van der Waals surface area contributed by atoms with E-state index in [2.05, 4.69) is 11.9 Å². The van der Waals surface area contributed by atoms with E-state index in [1.165, 1.54) is 19.3 Å². The summed E-state index contributed by atoms with van der Waals surface area (Å²) < 4.78 is 5.49. The van der Waals surface area contributed by atoms with Crippen LogP contribution in [0.3, 0.4) is 0 Å². The van der Waals surface area contributed by atoms with Gasteiger partial charge in [0.25, 0.3) is 0 Å². The van der Waals surface area contributed by atoms with Crippen molar-refractivity contribution in [3.63, 3.8) is 0 Å². The summed E-state index contributed by atoms with van der Waals surface area (Å²) in [6.07, 6.45) is 6.58. The summed E-state index contributed by atoms with van der Waals surface area (Å²) in [5.74, 6) is 1.08. The van der Waals surface area contributed by atoms with Crippen LogP contribution in [-0.2, 0) is 9.53 Å². The number of hydrogen-bond donors (Lipinski definition) is 0. The van der Waals surface area contributed by atoms with Gasteiger partial charge in [0.05, 0.1) is 12.6 Å². The molecule has 0 aromatic carbocycles. The SMILES string of the molecule is CN(CC1CCCOC1)C1CCCCC1=O. The van der Waals surface area contributed by atoms with Crippen molar-refractivity contribution < 1.29 is 9.53 Å². The largest absolute Gasteiger partial charge is 0.381 e. The Morgan fingerprint density at radius 2 is 2.19 bits per heavy atom. The molecule has 1 aliphatic heterocycles. The van der Waals surface area contributed by atoms with E-state index in [9.17, 15) is 4.79 Å². The summed E-state index contributed by atoms with van der Waals surface area (Å²) in [6, 6.07) is 0.190. The van der Waals surface area contributed by atoms with E-state index in [0.717, 1.165) is 39.0 Å². The number of carbonyl (C=O) groups is 1. The zero-order chi connectivity index (χ0) is 11.4. The van der Waals surface area contributed by atoms with Gasteiger partial charge < -0.3 is 4.74 Å². The second kappa shape index (κ2) is 5.78. The Hall–Kier alpha value is -0.410. The molecular weight excluding hydrogens is 202 g/mol. The molecule has 0 spiro atoms. The first kappa shape index (κ1) is 12.1. The lowest BCUT2D eigenvalue weighted by molar-refractivity contribution is -0.126. The predicted molar refractivity (Wildman–Crippen MR) is 63.4 cm³/mol. The minimum atomic E-state index is 0.190. The molecule has 2 unspecified atom stereocenters. The van der Waals surface area contributed by atoms with Crippen LogP contribution in [0, 0.1) is 5.92 Å². The van der Waals surface area contributed by atoms with Gasteiger partial charge in [-0.25, -0.2) is 0 Å². The number of rotatable bonds is 3. The second-order valence-electron chi connectivity index (χ2n) is 5.25. The molecule has 3 heteroatoms. The third-order valence-electron chi connectivity index (χ3n) is 3.86. The molecule has 0 radical (unpaired) electrons. The number of hydrogen-bond acceptors (Lipinski definition) is 3. The zero-order valence-corrected chi connectivity index (χ0v) is 10.3. The Bertz CT molecular complexity index is 236. The van der Waals surface area contributed by atoms with Gasteiger partial charge in [0.2, 0.25) is 0 Å². The molecule has 0 bridgehead atoms. The molecule has 3 nitrogen and oxygen atoms in total. The van der Waals surface area contributed by atoms with E-state index in [-0.39, 0.29) is 6.04 Å². The monoisotopic (exact) mass is 225 g/mol. The number of nitrogens with zero attached hydrogens (tertiary/aromatic N) is 1. The molecule has 1 saturated carbocycles. The molecule has 2 fully saturated rings. The highest BCUT2D eigenvalue weighted by Crippen LogP contribution is 2.21. The molecular formula is C13H23NO2. The minimum absolute atomic E-state index is 0.190. The third-order valence-corrected chi connectivity index (χ3v) is 3.86. The lowest BCUT2D eigenvalue weighted by Gasteiger charge is -2.33. The fraction of sp³-hybridized carbons (Fsp3) is 0.923. The van der Waals surface area contributed by atoms with Crippen LogP contribution < -0.4 is 0 Å². The molecule has 0 amide bonds. The molecule has 2 rings (SSSR count). The van der Waals surface area contributed by atoms with Crippen LogP contribution in [0.15, 0.2) is 0 Å². The molecule has 16 heavy (non-hydrogen) atoms. The number of ether oxygens (including phenoxy) is 1. The highest BCUT2D eigenvalue weighted by atomic mass is 16.5. The molecule has 1 heterocycles. The van der Waals surface area contributed by atoms with Gasteiger partial charge in [0, 0.05) is 19.6 Å². The Labute approximate surface area is 98.1 Å². The van der Waals surface area contributed by atoms with Gasteiger partial charge in [-0.2, -0.15) is 0 Å². The van der Waals surface area contributed by atoms with Crippen molar-refractivity contribution in [1.29, 1.82) is 0 Å². The van der Waals surface area contributed by atoms with Crippen molar-refractivity contribution in [1.82, 2.24) is 4.90 Å². The minimum Gasteiger partial charge on any atom is -0.381 e. The van der Waals surface area contributed by atoms with Crippen molar-refractivity contribution in [2.24, 2.45) is 5.92 Å². The summed E-state index contributed by atoms with van der Waals surface area (Å²) in [6.45, 7) is 2.82. The summed E-state index contributed by atoms with van der Waals surface area (Å²) >= 11 is 0. The Morgan fingerprint density at radius 1 is 1.31 bits per heavy atom. The number of ketones is 1. The molecule has 2 atom stereocenters. The van der Waals surface area contributed by atoms with E-state index in [1.807, 2.05) is 0 Å². The molecule has 0 N–H and O–H groups in total. The van der Waals surface area contributed by atoms with Gasteiger partial charge in [-0.05, 0) is 38.6 Å². The van der Waals surface area contributed by atoms with Gasteiger partial charge in [0.15, 0.2) is 0 Å². The Balaban J connectivity index is 1.81. The van der Waals surface area contributed by atoms with Gasteiger partial charge in [-0.1, -0.05) is 6.42 Å². The van der Waals surface area contributed by atoms with Crippen LogP contribution >= 0.6 is 0 Å². The normalized spacial score (nSPS) is 32.0. The molecule has 1 saturated heterocycles. The van der Waals surface area contributed by atoms with Crippen LogP contribution in [0.2, 0.25) is 0 Å². The summed E-state index contributed by atoms with van der Waals surface area (Å²) in [5, 5.41) is 0. The van der Waals surface area contributed by atoms with Crippen molar-refractivity contribution in [2.45, 2.75) is 44.6 Å². The maximum atomic E-state index is 11.8. The highest BCUT2D eigenvalue weighted by molar-refractivity contribution is 5.84. The average Bonchev–Trinajstić information content (AvgIpc) is 2.31. The van der Waals surface area contributed by atoms with Crippen molar-refractivity contribution >= 4 is 5.78 Å². The van der Waals surface area contributed by atoms with Gasteiger partial charge >= 0.3 is 0 Å². The summed E-state index contributed by atoms with van der Waals surface area (Å²) in [5.41, 5.74) is 0. The first-order valence-corrected chi connectivity index (χ1v) is 6.58. The van der Waals surface area contributed by atoms with Crippen LogP contribution in [0.4, 0.5) is 0 Å². The van der Waals surface area contributed by atoms with Crippen LogP contribution in [0.1, 0.15) is 38.5 Å². The molecule has 0 aromatic heterocycles. The van der Waals surface area contributed by atoms with Crippen LogP contribution in [0.5, 0.6) is 0 Å². The van der Waals surface area contributed by atoms with Crippen LogP contribution in [-0.4, -0.2) is 43.5 Å². The maximum Gasteiger partial charge on any atom is 0.149 e. The van der Waals surface area contributed by atoms with Crippen molar-refractivity contribution in [3.8, 4) is 0 Å². The van der Waals surface area contributed by atoms with Gasteiger partial charge in [-0.3, -0.25) is 9.69 Å². The van der Waals surface area contributed by atoms with E-state index < -0.39 is 0 Å². The maximum absolute atomic E-state index is 11.8. The lowest BCUT2D eigenvalue weighted by atomic mass is 9.92. The van der Waals surface area contributed by atoms with Gasteiger partial charge in [0.1, 0.15) is 5.78 Å². The lowest BCUT2D eigenvalue weighted by Crippen LogP contribution is -2.43. The second-order valence-corrected chi connectivity index (χ2v) is 5.25. The molecule has 92 valence electrons. The standard InChI is InChI=1S/C13H23NO2/c1-14(9-11-5-4-8-16-10-11)12-6-2-3-7-13(12)15/h11-12H,2-10H2,1H3. The third kappa shape index (κ3) is 3.05. The van der Waals surface area contributed by atoms with Gasteiger partial charge in [-0.15, -0.1) is 0 Å². The first-order valence-electron chi connectivity index (χ1n) is 6.58. The average molecular weight is 225 g/mol. The molecule has 0 aromatic rings. The number of likely N-dealkylation sites (N-methyl/N-ethyl adjacent to an activating group) is 1. The molecule has 1 aliphatic carbocycles. The summed E-state index contributed by atoms with van der Waals surface area (Å²) in [7, 11) is 2.10. The van der Waals surface area contributed by atoms with E-state index in [1.54, 1.807) is 0 Å². The van der Waals surface area contributed by atoms with E-state index in [4.69, 9.17) is 4.74 Å². The first-order chi connectivity index (χ1) is 7.77. The van der Waals surface area contributed by atoms with Crippen molar-refractivity contribution in [2.75, 3.05) is 26.8 Å². The summed E-state index contributed by atoms with van der Waals surface area (Å²) in [4.78, 5) is 14.1. The van der Waals surface area contributed by atoms with E-state index in [0.29, 0.717) is 11.7 Å². The Kier molecular flexibility index (Phi) is 4.36. The highest BCUT2D eigenvalue weighted by Gasteiger charge is 2.27. The smallest absolute Gasteiger partial charge is 0.149 e. The Morgan fingerprint density at radius 3 is 2.88 bits per heavy atom. The number of carbonyl (C=O) groups excluding carboxylic acids is 1. The fourth-order valence-corrected chi connectivity index (χ4v) is 2.92. The van der Waals surface area contributed by atoms with Crippen LogP contribution in [0.25, 0.3) is 0 Å².